The van der Waals surface area contributed by atoms with Gasteiger partial charge in [-0.15, -0.1) is 0 Å². The molecular weight excluding hydrogens is 561 g/mol. The minimum absolute atomic E-state index is 0.301. The number of carbonyl (C=O) groups is 2. The lowest BCUT2D eigenvalue weighted by molar-refractivity contribution is -0.136. The highest BCUT2D eigenvalue weighted by Crippen LogP contribution is 2.49. The number of esters is 2. The molecule has 0 bridgehead atoms. The van der Waals surface area contributed by atoms with Crippen molar-refractivity contribution in [1.29, 1.82) is 0 Å². The maximum Gasteiger partial charge on any atom is 0.338 e. The van der Waals surface area contributed by atoms with E-state index < -0.39 is 8.07 Å². The van der Waals surface area contributed by atoms with Crippen LogP contribution in [0.3, 0.4) is 0 Å². The number of allylic oxidation sites excluding steroid dienone is 1. The van der Waals surface area contributed by atoms with Crippen LogP contribution in [0, 0.1) is 0 Å². The van der Waals surface area contributed by atoms with Crippen LogP contribution in [0.2, 0.25) is 16.6 Å². The van der Waals surface area contributed by atoms with Crippen molar-refractivity contribution in [2.75, 3.05) is 14.2 Å². The SMILES string of the molecule is CCCCCCCCCCC1=C(C(=O)OC)/C(=C/[Si](C(C)C)(C(C)C)C(C)C)C(CCCCCCCCCC)=C1C(=O)OC. The molecule has 0 aromatic carbocycles. The van der Waals surface area contributed by atoms with E-state index in [-0.39, 0.29) is 11.9 Å². The lowest BCUT2D eigenvalue weighted by atomic mass is 9.96. The van der Waals surface area contributed by atoms with E-state index in [1.54, 1.807) is 0 Å². The van der Waals surface area contributed by atoms with Crippen LogP contribution in [0.25, 0.3) is 0 Å². The Balaban J connectivity index is 3.57. The number of hydrogen-bond acceptors (Lipinski definition) is 4. The average molecular weight is 631 g/mol. The third-order valence-electron chi connectivity index (χ3n) is 10.2. The summed E-state index contributed by atoms with van der Waals surface area (Å²) in [5.41, 5.74) is 8.21. The van der Waals surface area contributed by atoms with Crippen LogP contribution >= 0.6 is 0 Å². The Kier molecular flexibility index (Phi) is 20.2. The minimum Gasteiger partial charge on any atom is -0.465 e. The van der Waals surface area contributed by atoms with Gasteiger partial charge in [-0.05, 0) is 59.0 Å². The molecule has 0 radical (unpaired) electrons. The van der Waals surface area contributed by atoms with E-state index in [1.165, 1.54) is 91.3 Å². The Morgan fingerprint density at radius 3 is 1.25 bits per heavy atom. The highest BCUT2D eigenvalue weighted by atomic mass is 28.3. The molecule has 0 saturated heterocycles. The summed E-state index contributed by atoms with van der Waals surface area (Å²) in [5, 5.41) is 0. The molecule has 254 valence electrons. The molecule has 0 aromatic rings. The summed E-state index contributed by atoms with van der Waals surface area (Å²) in [6, 6.07) is 0. The normalized spacial score (nSPS) is 15.1. The van der Waals surface area contributed by atoms with Crippen molar-refractivity contribution in [1.82, 2.24) is 0 Å². The Morgan fingerprint density at radius 2 is 0.886 bits per heavy atom. The summed E-state index contributed by atoms with van der Waals surface area (Å²) < 4.78 is 10.9. The zero-order valence-corrected chi connectivity index (χ0v) is 31.7. The molecule has 0 aliphatic heterocycles. The number of ether oxygens (including phenoxy) is 2. The molecule has 1 aliphatic carbocycles. The van der Waals surface area contributed by atoms with Crippen molar-refractivity contribution in [2.45, 2.75) is 188 Å². The molecule has 1 aliphatic rings. The van der Waals surface area contributed by atoms with Gasteiger partial charge in [-0.1, -0.05) is 151 Å². The Bertz CT molecular complexity index is 931. The number of carbonyl (C=O) groups excluding carboxylic acids is 2. The Morgan fingerprint density at radius 1 is 0.545 bits per heavy atom. The van der Waals surface area contributed by atoms with Gasteiger partial charge in [-0.2, -0.15) is 0 Å². The topological polar surface area (TPSA) is 52.6 Å². The van der Waals surface area contributed by atoms with Crippen LogP contribution < -0.4 is 0 Å². The minimum atomic E-state index is -2.06. The zero-order valence-electron chi connectivity index (χ0n) is 30.7. The van der Waals surface area contributed by atoms with Crippen LogP contribution in [-0.4, -0.2) is 34.2 Å². The van der Waals surface area contributed by atoms with Gasteiger partial charge >= 0.3 is 11.9 Å². The molecule has 0 unspecified atom stereocenters. The molecule has 0 spiro atoms. The van der Waals surface area contributed by atoms with E-state index in [9.17, 15) is 9.59 Å². The molecule has 5 heteroatoms. The highest BCUT2D eigenvalue weighted by Gasteiger charge is 2.44. The first-order valence-electron chi connectivity index (χ1n) is 18.4. The van der Waals surface area contributed by atoms with E-state index in [4.69, 9.17) is 9.47 Å². The first-order chi connectivity index (χ1) is 21.0. The monoisotopic (exact) mass is 631 g/mol. The van der Waals surface area contributed by atoms with Crippen molar-refractivity contribution in [3.63, 3.8) is 0 Å². The molecule has 0 saturated carbocycles. The van der Waals surface area contributed by atoms with Crippen molar-refractivity contribution in [3.8, 4) is 0 Å². The predicted octanol–water partition coefficient (Wildman–Crippen LogP) is 12.1. The summed E-state index contributed by atoms with van der Waals surface area (Å²) in [4.78, 5) is 27.3. The van der Waals surface area contributed by atoms with Gasteiger partial charge < -0.3 is 9.47 Å². The third-order valence-corrected chi connectivity index (χ3v) is 17.0. The molecule has 0 aromatic heterocycles. The van der Waals surface area contributed by atoms with Crippen molar-refractivity contribution in [2.24, 2.45) is 0 Å². The van der Waals surface area contributed by atoms with Gasteiger partial charge in [0.2, 0.25) is 0 Å². The number of unbranched alkanes of at least 4 members (excludes halogenated alkanes) is 14. The molecule has 0 fully saturated rings. The van der Waals surface area contributed by atoms with Crippen LogP contribution in [0.1, 0.15) is 171 Å². The average Bonchev–Trinajstić information content (AvgIpc) is 3.29. The van der Waals surface area contributed by atoms with Gasteiger partial charge in [0.1, 0.15) is 0 Å². The summed E-state index contributed by atoms with van der Waals surface area (Å²) >= 11 is 0. The van der Waals surface area contributed by atoms with Crippen LogP contribution in [0.15, 0.2) is 33.6 Å². The summed E-state index contributed by atoms with van der Waals surface area (Å²) in [5.74, 6) is -0.609. The lowest BCUT2D eigenvalue weighted by Gasteiger charge is -2.41. The van der Waals surface area contributed by atoms with E-state index in [0.29, 0.717) is 34.2 Å². The second-order valence-corrected chi connectivity index (χ2v) is 19.9. The standard InChI is InChI=1S/C39H70O4Si/c1-11-13-15-17-19-21-23-25-27-33-35(29-44(30(3)4,31(5)6)32(7)8)37(39(41)43-10)34(36(33)38(40)42-9)28-26-24-22-20-18-16-14-12-2/h29-32H,11-28H2,1-10H3/b35-29+. The van der Waals surface area contributed by atoms with Crippen LogP contribution in [0.4, 0.5) is 0 Å². The molecule has 1 rings (SSSR count). The smallest absolute Gasteiger partial charge is 0.338 e. The molecular formula is C39H70O4Si. The van der Waals surface area contributed by atoms with E-state index in [2.05, 4.69) is 61.1 Å². The summed E-state index contributed by atoms with van der Waals surface area (Å²) in [7, 11) is 0.895. The summed E-state index contributed by atoms with van der Waals surface area (Å²) in [6.07, 6.45) is 21.0. The lowest BCUT2D eigenvalue weighted by Crippen LogP contribution is -2.43. The van der Waals surface area contributed by atoms with Gasteiger partial charge in [0.25, 0.3) is 0 Å². The maximum absolute atomic E-state index is 13.7. The molecule has 0 N–H and O–H groups in total. The van der Waals surface area contributed by atoms with Gasteiger partial charge in [-0.3, -0.25) is 0 Å². The second-order valence-electron chi connectivity index (χ2n) is 14.2. The third kappa shape index (κ3) is 11.6. The number of hydrogen-bond donors (Lipinski definition) is 0. The fraction of sp³-hybridized carbons (Fsp3) is 0.795. The number of methoxy groups -OCH3 is 2. The summed E-state index contributed by atoms with van der Waals surface area (Å²) in [6.45, 7) is 18.6. The van der Waals surface area contributed by atoms with Gasteiger partial charge in [0.05, 0.1) is 33.4 Å². The first kappa shape index (κ1) is 40.4. The molecule has 4 nitrogen and oxygen atoms in total. The van der Waals surface area contributed by atoms with E-state index in [0.717, 1.165) is 48.8 Å². The molecule has 0 atom stereocenters. The molecule has 0 heterocycles. The van der Waals surface area contributed by atoms with E-state index in [1.807, 2.05) is 0 Å². The molecule has 44 heavy (non-hydrogen) atoms. The predicted molar refractivity (Wildman–Crippen MR) is 192 cm³/mol. The fourth-order valence-electron chi connectivity index (χ4n) is 7.73. The Hall–Kier alpha value is -1.62. The quantitative estimate of drug-likeness (QED) is 0.0605. The Labute approximate surface area is 273 Å². The van der Waals surface area contributed by atoms with Crippen LogP contribution in [-0.2, 0) is 19.1 Å². The largest absolute Gasteiger partial charge is 0.465 e. The highest BCUT2D eigenvalue weighted by molar-refractivity contribution is 6.88. The zero-order chi connectivity index (χ0) is 33.1. The number of rotatable bonds is 24. The maximum atomic E-state index is 13.7. The fourth-order valence-corrected chi connectivity index (χ4v) is 13.5. The van der Waals surface area contributed by atoms with Gasteiger partial charge in [0, 0.05) is 0 Å². The van der Waals surface area contributed by atoms with Gasteiger partial charge in [-0.25, -0.2) is 9.59 Å². The second kappa shape index (κ2) is 22.0. The van der Waals surface area contributed by atoms with Gasteiger partial charge in [0.15, 0.2) is 0 Å². The van der Waals surface area contributed by atoms with Crippen molar-refractivity contribution in [3.05, 3.63) is 33.6 Å². The first-order valence-corrected chi connectivity index (χ1v) is 20.7. The van der Waals surface area contributed by atoms with Crippen molar-refractivity contribution < 1.29 is 19.1 Å². The van der Waals surface area contributed by atoms with Crippen molar-refractivity contribution >= 4 is 20.0 Å². The van der Waals surface area contributed by atoms with E-state index >= 15 is 0 Å². The van der Waals surface area contributed by atoms with Crippen LogP contribution in [0.5, 0.6) is 0 Å². The molecule has 0 amide bonds.